The molecule has 5 rings (SSSR count). The lowest BCUT2D eigenvalue weighted by molar-refractivity contribution is -0.139. The van der Waals surface area contributed by atoms with Crippen LogP contribution >= 0.6 is 0 Å². The molecule has 1 aromatic rings. The van der Waals surface area contributed by atoms with E-state index in [4.69, 9.17) is 5.73 Å². The molecule has 1 aliphatic heterocycles. The molecule has 2 unspecified atom stereocenters. The molecule has 1 aromatic heterocycles. The lowest BCUT2D eigenvalue weighted by Crippen LogP contribution is -2.59. The monoisotopic (exact) mass is 436 g/mol. The lowest BCUT2D eigenvalue weighted by atomic mass is 9.47. The molecule has 6 nitrogen and oxygen atoms in total. The molecule has 2 heterocycles. The topological polar surface area (TPSA) is 88.3 Å². The largest absolute Gasteiger partial charge is 0.396 e. The summed E-state index contributed by atoms with van der Waals surface area (Å²) < 4.78 is 0. The molecule has 6 heteroatoms. The number of carbonyl (C=O) groups excluding carboxylic acids is 2. The third kappa shape index (κ3) is 3.17. The first-order valence-corrected chi connectivity index (χ1v) is 12.2. The Morgan fingerprint density at radius 3 is 2.81 bits per heavy atom. The number of hydrogen-bond donors (Lipinski definition) is 2. The van der Waals surface area contributed by atoms with Crippen LogP contribution in [0.15, 0.2) is 30.5 Å². The van der Waals surface area contributed by atoms with Gasteiger partial charge in [-0.15, -0.1) is 0 Å². The molecule has 3 aliphatic carbocycles. The van der Waals surface area contributed by atoms with Crippen LogP contribution in [0.3, 0.4) is 0 Å². The molecular weight excluding hydrogens is 400 g/mol. The molecule has 32 heavy (non-hydrogen) atoms. The fourth-order valence-electron chi connectivity index (χ4n) is 8.11. The number of nitrogens with two attached hydrogens (primary N) is 1. The highest BCUT2D eigenvalue weighted by atomic mass is 16.2. The number of fused-ring (bicyclic) bond motifs is 5. The highest BCUT2D eigenvalue weighted by molar-refractivity contribution is 5.92. The van der Waals surface area contributed by atoms with Crippen LogP contribution in [0.25, 0.3) is 0 Å². The quantitative estimate of drug-likeness (QED) is 0.741. The Morgan fingerprint density at radius 1 is 1.22 bits per heavy atom. The van der Waals surface area contributed by atoms with Crippen molar-refractivity contribution in [3.8, 4) is 0 Å². The minimum absolute atomic E-state index is 0.0235. The fourth-order valence-corrected chi connectivity index (χ4v) is 8.11. The maximum atomic E-state index is 12.9. The van der Waals surface area contributed by atoms with Gasteiger partial charge in [0.1, 0.15) is 0 Å². The predicted molar refractivity (Wildman–Crippen MR) is 125 cm³/mol. The van der Waals surface area contributed by atoms with Crippen molar-refractivity contribution in [1.82, 2.24) is 9.88 Å². The van der Waals surface area contributed by atoms with E-state index in [9.17, 15) is 9.59 Å². The van der Waals surface area contributed by atoms with Crippen molar-refractivity contribution in [1.29, 1.82) is 0 Å². The third-order valence-electron chi connectivity index (χ3n) is 9.85. The van der Waals surface area contributed by atoms with Crippen molar-refractivity contribution in [2.75, 3.05) is 18.1 Å². The van der Waals surface area contributed by atoms with Crippen LogP contribution < -0.4 is 11.1 Å². The highest BCUT2D eigenvalue weighted by Gasteiger charge is 2.60. The van der Waals surface area contributed by atoms with E-state index in [0.717, 1.165) is 19.3 Å². The van der Waals surface area contributed by atoms with Gasteiger partial charge in [0.2, 0.25) is 11.8 Å². The molecule has 3 fully saturated rings. The van der Waals surface area contributed by atoms with E-state index in [1.165, 1.54) is 19.3 Å². The predicted octanol–water partition coefficient (Wildman–Crippen LogP) is 4.25. The average molecular weight is 437 g/mol. The Morgan fingerprint density at radius 2 is 2.03 bits per heavy atom. The van der Waals surface area contributed by atoms with E-state index in [1.54, 1.807) is 24.4 Å². The van der Waals surface area contributed by atoms with E-state index in [2.05, 4.69) is 30.2 Å². The number of rotatable bonds is 3. The van der Waals surface area contributed by atoms with Crippen LogP contribution in [0.1, 0.15) is 58.8 Å². The number of nitrogens with one attached hydrogen (secondary N) is 1. The Labute approximate surface area is 191 Å². The zero-order chi connectivity index (χ0) is 22.7. The van der Waals surface area contributed by atoms with Crippen LogP contribution in [-0.2, 0) is 9.59 Å². The van der Waals surface area contributed by atoms with Gasteiger partial charge in [0.05, 0.1) is 5.69 Å². The van der Waals surface area contributed by atoms with E-state index in [0.29, 0.717) is 47.6 Å². The molecular formula is C26H36N4O2. The van der Waals surface area contributed by atoms with Crippen LogP contribution in [-0.4, -0.2) is 34.8 Å². The van der Waals surface area contributed by atoms with Crippen LogP contribution in [0.2, 0.25) is 0 Å². The molecule has 3 N–H and O–H groups in total. The minimum Gasteiger partial charge on any atom is -0.396 e. The molecule has 0 radical (unpaired) electrons. The summed E-state index contributed by atoms with van der Waals surface area (Å²) in [7, 11) is 1.97. The number of anilines is 2. The summed E-state index contributed by atoms with van der Waals surface area (Å²) in [5.41, 5.74) is 6.74. The van der Waals surface area contributed by atoms with Crippen LogP contribution in [0, 0.1) is 34.5 Å². The standard InChI is InChI=1S/C26H36N4O2/c1-25-12-10-19-17(7-9-21-26(19,2)13-11-23(32)30(21)3)18(25)8-6-16(25)15-22(31)29-24-20(27)5-4-14-28-24/h4-5,11,13-14,16-19,21H,6-10,12,15,27H2,1-3H3,(H,28,29,31)/t16-,17?,18+,19?,21-,25-,26-/m1/s1. The molecule has 0 spiro atoms. The molecule has 0 saturated heterocycles. The van der Waals surface area contributed by atoms with Crippen molar-refractivity contribution in [3.63, 3.8) is 0 Å². The summed E-state index contributed by atoms with van der Waals surface area (Å²) in [6, 6.07) is 3.85. The van der Waals surface area contributed by atoms with Crippen molar-refractivity contribution in [2.45, 2.75) is 64.8 Å². The zero-order valence-corrected chi connectivity index (χ0v) is 19.5. The summed E-state index contributed by atoms with van der Waals surface area (Å²) in [5.74, 6) is 2.99. The first-order valence-electron chi connectivity index (χ1n) is 12.2. The number of amides is 2. The van der Waals surface area contributed by atoms with Crippen molar-refractivity contribution in [3.05, 3.63) is 30.5 Å². The second-order valence-corrected chi connectivity index (χ2v) is 11.1. The van der Waals surface area contributed by atoms with E-state index < -0.39 is 0 Å². The van der Waals surface area contributed by atoms with Crippen LogP contribution in [0.5, 0.6) is 0 Å². The van der Waals surface area contributed by atoms with Crippen molar-refractivity contribution >= 4 is 23.3 Å². The molecule has 2 amide bonds. The summed E-state index contributed by atoms with van der Waals surface area (Å²) in [6.07, 6.45) is 13.2. The normalized spacial score (nSPS) is 40.4. The summed E-state index contributed by atoms with van der Waals surface area (Å²) in [6.45, 7) is 4.82. The fraction of sp³-hybridized carbons (Fsp3) is 0.654. The van der Waals surface area contributed by atoms with Gasteiger partial charge in [0.25, 0.3) is 0 Å². The summed E-state index contributed by atoms with van der Waals surface area (Å²) in [5, 5.41) is 2.94. The zero-order valence-electron chi connectivity index (χ0n) is 19.5. The maximum absolute atomic E-state index is 12.9. The molecule has 4 aliphatic rings. The highest BCUT2D eigenvalue weighted by Crippen LogP contribution is 2.65. The second kappa shape index (κ2) is 7.60. The molecule has 0 aromatic carbocycles. The average Bonchev–Trinajstić information content (AvgIpc) is 3.09. The van der Waals surface area contributed by atoms with E-state index in [1.807, 2.05) is 11.9 Å². The van der Waals surface area contributed by atoms with Gasteiger partial charge < -0.3 is 16.0 Å². The maximum Gasteiger partial charge on any atom is 0.246 e. The van der Waals surface area contributed by atoms with Gasteiger partial charge in [-0.1, -0.05) is 19.9 Å². The number of aromatic nitrogens is 1. The van der Waals surface area contributed by atoms with Gasteiger partial charge in [-0.25, -0.2) is 4.98 Å². The number of carbonyl (C=O) groups is 2. The summed E-state index contributed by atoms with van der Waals surface area (Å²) in [4.78, 5) is 31.3. The smallest absolute Gasteiger partial charge is 0.246 e. The third-order valence-corrected chi connectivity index (χ3v) is 9.85. The number of nitrogens with zero attached hydrogens (tertiary/aromatic N) is 2. The van der Waals surface area contributed by atoms with E-state index in [-0.39, 0.29) is 22.6 Å². The Balaban J connectivity index is 1.32. The number of nitrogen functional groups attached to an aromatic ring is 1. The number of pyridine rings is 1. The number of hydrogen-bond acceptors (Lipinski definition) is 4. The minimum atomic E-state index is 0.0235. The molecule has 172 valence electrons. The lowest BCUT2D eigenvalue weighted by Gasteiger charge is -2.60. The van der Waals surface area contributed by atoms with Gasteiger partial charge in [0, 0.05) is 31.1 Å². The summed E-state index contributed by atoms with van der Waals surface area (Å²) >= 11 is 0. The Hall–Kier alpha value is -2.37. The van der Waals surface area contributed by atoms with Gasteiger partial charge in [-0.3, -0.25) is 9.59 Å². The molecule has 0 bridgehead atoms. The van der Waals surface area contributed by atoms with Gasteiger partial charge >= 0.3 is 0 Å². The Kier molecular flexibility index (Phi) is 5.10. The van der Waals surface area contributed by atoms with Crippen molar-refractivity contribution < 1.29 is 9.59 Å². The second-order valence-electron chi connectivity index (χ2n) is 11.1. The molecule has 7 atom stereocenters. The number of likely N-dealkylation sites (N-methyl/N-ethyl adjacent to an activating group) is 1. The van der Waals surface area contributed by atoms with E-state index >= 15 is 0 Å². The first kappa shape index (κ1) is 21.5. The molecule has 3 saturated carbocycles. The van der Waals surface area contributed by atoms with Gasteiger partial charge in [-0.2, -0.15) is 0 Å². The van der Waals surface area contributed by atoms with Crippen molar-refractivity contribution in [2.24, 2.45) is 34.5 Å². The SMILES string of the molecule is CN1C(=O)C=C[C@]2(C)C3CC[C@]4(C)[C@@H](CC(=O)Nc5ncccc5N)CC[C@H]4C3CC[C@@H]12. The first-order chi connectivity index (χ1) is 15.2. The van der Waals surface area contributed by atoms with Gasteiger partial charge in [0.15, 0.2) is 5.82 Å². The van der Waals surface area contributed by atoms with Gasteiger partial charge in [-0.05, 0) is 85.8 Å². The Bertz CT molecular complexity index is 961. The van der Waals surface area contributed by atoms with Crippen LogP contribution in [0.4, 0.5) is 11.5 Å².